The minimum atomic E-state index is -0.999. The summed E-state index contributed by atoms with van der Waals surface area (Å²) in [5.74, 6) is -1.69. The van der Waals surface area contributed by atoms with Crippen molar-refractivity contribution in [3.8, 4) is 0 Å². The van der Waals surface area contributed by atoms with Crippen LogP contribution in [-0.2, 0) is 23.8 Å². The predicted molar refractivity (Wildman–Crippen MR) is 80.2 cm³/mol. The maximum atomic E-state index is 12.0. The molecule has 0 saturated carbocycles. The van der Waals surface area contributed by atoms with E-state index in [-0.39, 0.29) is 6.42 Å². The van der Waals surface area contributed by atoms with Crippen LogP contribution in [0, 0.1) is 0 Å². The summed E-state index contributed by atoms with van der Waals surface area (Å²) >= 11 is 0. The van der Waals surface area contributed by atoms with E-state index in [0.717, 1.165) is 7.11 Å². The molecule has 0 aliphatic rings. The molecule has 2 atom stereocenters. The molecule has 7 nitrogen and oxygen atoms in total. The first-order valence-electron chi connectivity index (χ1n) is 6.90. The van der Waals surface area contributed by atoms with Crippen LogP contribution < -0.4 is 0 Å². The molecule has 0 aromatic heterocycles. The number of nitrogens with zero attached hydrogens (tertiary/aromatic N) is 2. The third kappa shape index (κ3) is 7.64. The molecular formula is C15H22N2O5. The molecule has 0 rings (SSSR count). The summed E-state index contributed by atoms with van der Waals surface area (Å²) in [4.78, 5) is 26.0. The first-order chi connectivity index (χ1) is 10.5. The molecule has 0 saturated heterocycles. The fraction of sp³-hybridized carbons (Fsp3) is 0.533. The van der Waals surface area contributed by atoms with Gasteiger partial charge in [0.25, 0.3) is 5.78 Å². The van der Waals surface area contributed by atoms with E-state index in [0.29, 0.717) is 6.61 Å². The van der Waals surface area contributed by atoms with Crippen molar-refractivity contribution in [1.29, 1.82) is 0 Å². The molecule has 0 N–H and O–H groups in total. The van der Waals surface area contributed by atoms with Crippen molar-refractivity contribution in [3.05, 3.63) is 29.8 Å². The van der Waals surface area contributed by atoms with Crippen LogP contribution in [0.25, 0.3) is 5.53 Å². The number of carbonyl (C=O) groups excluding carboxylic acids is 2. The van der Waals surface area contributed by atoms with E-state index in [1.54, 1.807) is 25.2 Å². The van der Waals surface area contributed by atoms with Gasteiger partial charge in [0.1, 0.15) is 0 Å². The van der Waals surface area contributed by atoms with Gasteiger partial charge in [-0.25, -0.2) is 4.79 Å². The Balaban J connectivity index is 4.98. The minimum Gasteiger partial charge on any atom is -0.460 e. The number of hydrogen-bond donors (Lipinski definition) is 0. The molecule has 0 aliphatic heterocycles. The lowest BCUT2D eigenvalue weighted by atomic mass is 10.1. The maximum Gasteiger partial charge on any atom is 0.441 e. The molecule has 0 bridgehead atoms. The van der Waals surface area contributed by atoms with Crippen molar-refractivity contribution in [1.82, 2.24) is 0 Å². The number of Topliss-reactive ketones (excluding diaryl/α,β-unsaturated/α-hetero) is 1. The van der Waals surface area contributed by atoms with Gasteiger partial charge in [-0.3, -0.25) is 4.79 Å². The molecule has 2 unspecified atom stereocenters. The SMILES string of the molecule is C/C=C/C=C/C(CC(=O)C(=[N+]=[N-])C(=O)OC)OC(C)OCC. The van der Waals surface area contributed by atoms with Crippen molar-refractivity contribution < 1.29 is 28.6 Å². The number of methoxy groups -OCH3 is 1. The Bertz CT molecular complexity index is 478. The minimum absolute atomic E-state index is 0.181. The molecule has 22 heavy (non-hydrogen) atoms. The number of esters is 1. The lowest BCUT2D eigenvalue weighted by Gasteiger charge is -2.18. The monoisotopic (exact) mass is 310 g/mol. The molecule has 0 fully saturated rings. The van der Waals surface area contributed by atoms with Crippen molar-refractivity contribution in [2.45, 2.75) is 39.6 Å². The van der Waals surface area contributed by atoms with Crippen molar-refractivity contribution >= 4 is 17.5 Å². The van der Waals surface area contributed by atoms with E-state index in [1.807, 2.05) is 19.9 Å². The van der Waals surface area contributed by atoms with Gasteiger partial charge in [-0.2, -0.15) is 4.79 Å². The molecule has 0 amide bonds. The predicted octanol–water partition coefficient (Wildman–Crippen LogP) is 1.69. The van der Waals surface area contributed by atoms with Gasteiger partial charge in [-0.1, -0.05) is 24.3 Å². The van der Waals surface area contributed by atoms with Crippen LogP contribution in [0.3, 0.4) is 0 Å². The molecule has 0 aromatic rings. The van der Waals surface area contributed by atoms with Gasteiger partial charge in [-0.15, -0.1) is 0 Å². The van der Waals surface area contributed by atoms with Crippen LogP contribution in [0.2, 0.25) is 0 Å². The van der Waals surface area contributed by atoms with E-state index in [2.05, 4.69) is 9.53 Å². The van der Waals surface area contributed by atoms with Crippen LogP contribution in [-0.4, -0.2) is 48.4 Å². The topological polar surface area (TPSA) is 98.2 Å². The van der Waals surface area contributed by atoms with Crippen LogP contribution >= 0.6 is 0 Å². The molecule has 0 aliphatic carbocycles. The Hall–Kier alpha value is -2.08. The summed E-state index contributed by atoms with van der Waals surface area (Å²) in [7, 11) is 1.10. The van der Waals surface area contributed by atoms with E-state index >= 15 is 0 Å². The quantitative estimate of drug-likeness (QED) is 0.116. The van der Waals surface area contributed by atoms with Crippen LogP contribution in [0.1, 0.15) is 27.2 Å². The summed E-state index contributed by atoms with van der Waals surface area (Å²) in [5, 5.41) is 0. The number of allylic oxidation sites excluding steroid dienone is 3. The Morgan fingerprint density at radius 1 is 1.32 bits per heavy atom. The van der Waals surface area contributed by atoms with Gasteiger partial charge in [0.15, 0.2) is 6.29 Å². The Labute approximate surface area is 130 Å². The zero-order chi connectivity index (χ0) is 17.0. The summed E-state index contributed by atoms with van der Waals surface area (Å²) in [6.45, 7) is 5.84. The maximum absolute atomic E-state index is 12.0. The zero-order valence-corrected chi connectivity index (χ0v) is 13.3. The van der Waals surface area contributed by atoms with Gasteiger partial charge in [0.05, 0.1) is 13.2 Å². The van der Waals surface area contributed by atoms with Gasteiger partial charge in [0.2, 0.25) is 0 Å². The number of carbonyl (C=O) groups is 2. The lowest BCUT2D eigenvalue weighted by molar-refractivity contribution is -0.151. The summed E-state index contributed by atoms with van der Waals surface area (Å²) < 4.78 is 15.2. The second kappa shape index (κ2) is 11.6. The average molecular weight is 310 g/mol. The molecule has 0 heterocycles. The second-order valence-corrected chi connectivity index (χ2v) is 4.18. The second-order valence-electron chi connectivity index (χ2n) is 4.18. The van der Waals surface area contributed by atoms with Gasteiger partial charge < -0.3 is 19.7 Å². The van der Waals surface area contributed by atoms with E-state index in [1.165, 1.54) is 0 Å². The molecule has 122 valence electrons. The van der Waals surface area contributed by atoms with Gasteiger partial charge in [-0.05, 0) is 20.8 Å². The number of rotatable bonds is 10. The first kappa shape index (κ1) is 19.9. The fourth-order valence-electron chi connectivity index (χ4n) is 1.57. The van der Waals surface area contributed by atoms with Gasteiger partial charge >= 0.3 is 11.7 Å². The standard InChI is InChI=1S/C15H22N2O5/c1-5-7-8-9-12(22-11(3)21-6-2)10-13(18)14(17-16)15(19)20-4/h5,7-9,11-12H,6,10H2,1-4H3/b7-5+,9-8+. The fourth-order valence-corrected chi connectivity index (χ4v) is 1.57. The molecule has 0 aromatic carbocycles. The summed E-state index contributed by atoms with van der Waals surface area (Å²) in [6, 6.07) is 0. The Kier molecular flexibility index (Phi) is 10.5. The van der Waals surface area contributed by atoms with E-state index in [9.17, 15) is 9.59 Å². The summed E-state index contributed by atoms with van der Waals surface area (Å²) in [5.41, 5.74) is 8.10. The highest BCUT2D eigenvalue weighted by atomic mass is 16.7. The molecular weight excluding hydrogens is 288 g/mol. The normalized spacial score (nSPS) is 13.8. The summed E-state index contributed by atoms with van der Waals surface area (Å²) in [6.07, 6.45) is 5.62. The zero-order valence-electron chi connectivity index (χ0n) is 13.3. The lowest BCUT2D eigenvalue weighted by Crippen LogP contribution is -2.31. The largest absolute Gasteiger partial charge is 0.460 e. The molecule has 7 heteroatoms. The first-order valence-corrected chi connectivity index (χ1v) is 6.90. The third-order valence-electron chi connectivity index (χ3n) is 2.53. The van der Waals surface area contributed by atoms with Crippen molar-refractivity contribution in [2.75, 3.05) is 13.7 Å². The molecule has 0 radical (unpaired) electrons. The molecule has 0 spiro atoms. The average Bonchev–Trinajstić information content (AvgIpc) is 2.48. The van der Waals surface area contributed by atoms with E-state index in [4.69, 9.17) is 15.0 Å². The highest BCUT2D eigenvalue weighted by Gasteiger charge is 2.32. The van der Waals surface area contributed by atoms with Crippen molar-refractivity contribution in [2.24, 2.45) is 0 Å². The number of hydrogen-bond acceptors (Lipinski definition) is 5. The van der Waals surface area contributed by atoms with Crippen LogP contribution in [0.4, 0.5) is 0 Å². The van der Waals surface area contributed by atoms with Crippen molar-refractivity contribution in [3.63, 3.8) is 0 Å². The smallest absolute Gasteiger partial charge is 0.441 e. The van der Waals surface area contributed by atoms with E-state index < -0.39 is 29.9 Å². The highest BCUT2D eigenvalue weighted by molar-refractivity contribution is 6.62. The number of ether oxygens (including phenoxy) is 3. The Morgan fingerprint density at radius 2 is 2.00 bits per heavy atom. The highest BCUT2D eigenvalue weighted by Crippen LogP contribution is 2.08. The van der Waals surface area contributed by atoms with Gasteiger partial charge in [0, 0.05) is 13.0 Å². The van der Waals surface area contributed by atoms with Crippen LogP contribution in [0.15, 0.2) is 24.3 Å². The third-order valence-corrected chi connectivity index (χ3v) is 2.53. The number of ketones is 1. The Morgan fingerprint density at radius 3 is 2.50 bits per heavy atom. The van der Waals surface area contributed by atoms with Crippen LogP contribution in [0.5, 0.6) is 0 Å².